The minimum atomic E-state index is 0.134. The van der Waals surface area contributed by atoms with Crippen LogP contribution in [-0.4, -0.2) is 69.8 Å². The molecule has 2 aliphatic rings. The molecule has 61 heavy (non-hydrogen) atoms. The number of imidazole rings is 4. The molecule has 0 aromatic carbocycles. The summed E-state index contributed by atoms with van der Waals surface area (Å²) in [6.07, 6.45) is 28.5. The van der Waals surface area contributed by atoms with Crippen LogP contribution >= 0.6 is 0 Å². The molecule has 14 nitrogen and oxygen atoms in total. The molecular weight excluding hydrogens is 761 g/mol. The van der Waals surface area contributed by atoms with Gasteiger partial charge in [0, 0.05) is 78.9 Å². The van der Waals surface area contributed by atoms with Crippen molar-refractivity contribution in [2.24, 2.45) is 16.0 Å². The normalized spacial score (nSPS) is 14.1. The fourth-order valence-corrected chi connectivity index (χ4v) is 6.80. The molecule has 0 spiro atoms. The largest absolute Gasteiger partial charge is 0.304 e. The summed E-state index contributed by atoms with van der Waals surface area (Å²) >= 11 is 0. The van der Waals surface area contributed by atoms with E-state index in [-0.39, 0.29) is 6.17 Å². The minimum absolute atomic E-state index is 0.134. The van der Waals surface area contributed by atoms with Gasteiger partial charge in [0.2, 0.25) is 12.0 Å². The third kappa shape index (κ3) is 10.4. The number of hydrogen-bond donors (Lipinski definition) is 0. The van der Waals surface area contributed by atoms with Gasteiger partial charge in [0.15, 0.2) is 11.3 Å². The van der Waals surface area contributed by atoms with Crippen molar-refractivity contribution in [3.8, 4) is 0 Å². The Morgan fingerprint density at radius 1 is 0.574 bits per heavy atom. The van der Waals surface area contributed by atoms with Crippen LogP contribution < -0.4 is 0 Å². The maximum Gasteiger partial charge on any atom is 0.300 e. The summed E-state index contributed by atoms with van der Waals surface area (Å²) in [5.74, 6) is 3.28. The van der Waals surface area contributed by atoms with Crippen molar-refractivity contribution >= 4 is 28.9 Å². The van der Waals surface area contributed by atoms with Crippen LogP contribution in [0, 0.1) is 12.8 Å². The van der Waals surface area contributed by atoms with Crippen LogP contribution in [-0.2, 0) is 0 Å². The zero-order valence-corrected chi connectivity index (χ0v) is 37.3. The number of pyridine rings is 1. The monoisotopic (exact) mass is 820 g/mol. The van der Waals surface area contributed by atoms with Crippen LogP contribution in [0.3, 0.4) is 0 Å². The molecule has 0 amide bonds. The minimum Gasteiger partial charge on any atom is -0.304 e. The maximum atomic E-state index is 4.40. The van der Waals surface area contributed by atoms with Gasteiger partial charge in [-0.25, -0.2) is 34.4 Å². The highest BCUT2D eigenvalue weighted by Crippen LogP contribution is 2.25. The van der Waals surface area contributed by atoms with E-state index in [1.165, 1.54) is 28.2 Å². The van der Waals surface area contributed by atoms with Gasteiger partial charge >= 0.3 is 6.17 Å². The van der Waals surface area contributed by atoms with Crippen molar-refractivity contribution in [1.82, 2.24) is 52.7 Å². The molecule has 1 atom stereocenters. The second-order valence-corrected chi connectivity index (χ2v) is 16.4. The molecule has 2 aliphatic heterocycles. The molecule has 316 valence electrons. The van der Waals surface area contributed by atoms with Gasteiger partial charge in [-0.15, -0.1) is 0 Å². The first kappa shape index (κ1) is 43.9. The summed E-state index contributed by atoms with van der Waals surface area (Å²) in [5, 5.41) is 8.45. The molecule has 8 aromatic rings. The predicted molar refractivity (Wildman–Crippen MR) is 242 cm³/mol. The molecule has 0 N–H and O–H groups in total. The van der Waals surface area contributed by atoms with E-state index in [0.717, 1.165) is 28.4 Å². The highest BCUT2D eigenvalue weighted by Gasteiger charge is 2.32. The van der Waals surface area contributed by atoms with Crippen LogP contribution in [0.4, 0.5) is 0 Å². The van der Waals surface area contributed by atoms with Crippen molar-refractivity contribution < 1.29 is 4.70 Å². The molecule has 1 unspecified atom stereocenters. The lowest BCUT2D eigenvalue weighted by atomic mass is 10.0. The lowest BCUT2D eigenvalue weighted by Gasteiger charge is -2.09. The molecular formula is C47H59N14+. The van der Waals surface area contributed by atoms with Crippen LogP contribution in [0.15, 0.2) is 133 Å². The fourth-order valence-electron chi connectivity index (χ4n) is 6.80. The van der Waals surface area contributed by atoms with Crippen molar-refractivity contribution in [2.75, 3.05) is 0 Å². The Balaban J connectivity index is 0.000000128. The lowest BCUT2D eigenvalue weighted by Crippen LogP contribution is -2.21. The van der Waals surface area contributed by atoms with E-state index in [1.54, 1.807) is 24.8 Å². The first-order valence-corrected chi connectivity index (χ1v) is 21.0. The van der Waals surface area contributed by atoms with Gasteiger partial charge in [0.05, 0.1) is 29.9 Å². The SMILES string of the molecule is CC(C)C1=CN=[N+]2C=CC=NC12.CC(C)c1cnc2cccnn12.CC(C)c1cnc2cnccn12.CC(C)c1cnc2ncccn12.Cc1cccn2c(C(C)C)cnc12. The number of nitrogens with zero attached hydrogens (tertiary/aromatic N) is 14. The summed E-state index contributed by atoms with van der Waals surface area (Å²) in [7, 11) is 0. The molecule has 10 rings (SSSR count). The molecule has 10 heterocycles. The predicted octanol–water partition coefficient (Wildman–Crippen LogP) is 10.3. The Morgan fingerprint density at radius 3 is 1.97 bits per heavy atom. The number of aromatic nitrogens is 11. The number of allylic oxidation sites excluding steroid dienone is 1. The van der Waals surface area contributed by atoms with Crippen molar-refractivity contribution in [3.63, 3.8) is 0 Å². The topological polar surface area (TPSA) is 136 Å². The third-order valence-corrected chi connectivity index (χ3v) is 10.2. The van der Waals surface area contributed by atoms with Crippen molar-refractivity contribution in [1.29, 1.82) is 0 Å². The quantitative estimate of drug-likeness (QED) is 0.158. The smallest absolute Gasteiger partial charge is 0.300 e. The van der Waals surface area contributed by atoms with Gasteiger partial charge in [-0.3, -0.25) is 9.38 Å². The summed E-state index contributed by atoms with van der Waals surface area (Å²) in [4.78, 5) is 29.6. The zero-order chi connectivity index (χ0) is 43.6. The van der Waals surface area contributed by atoms with E-state index < -0.39 is 0 Å². The number of rotatable bonds is 5. The maximum absolute atomic E-state index is 4.40. The van der Waals surface area contributed by atoms with Crippen LogP contribution in [0.25, 0.3) is 22.7 Å². The second-order valence-electron chi connectivity index (χ2n) is 16.4. The molecule has 0 bridgehead atoms. The Labute approximate surface area is 358 Å². The van der Waals surface area contributed by atoms with Crippen molar-refractivity contribution in [2.45, 2.75) is 106 Å². The number of aryl methyl sites for hydroxylation is 1. The van der Waals surface area contributed by atoms with Crippen LogP contribution in [0.2, 0.25) is 0 Å². The Hall–Kier alpha value is -6.70. The number of hydrogen-bond acceptors (Lipinski definition) is 9. The average Bonchev–Trinajstić information content (AvgIpc) is 4.10. The summed E-state index contributed by atoms with van der Waals surface area (Å²) in [6.45, 7) is 23.7. The molecule has 0 saturated carbocycles. The third-order valence-electron chi connectivity index (χ3n) is 10.2. The van der Waals surface area contributed by atoms with Gasteiger partial charge in [-0.1, -0.05) is 80.0 Å². The Bertz CT molecular complexity index is 2600. The Kier molecular flexibility index (Phi) is 14.4. The van der Waals surface area contributed by atoms with Gasteiger partial charge in [-0.05, 0) is 71.5 Å². The highest BCUT2D eigenvalue weighted by molar-refractivity contribution is 5.71. The summed E-state index contributed by atoms with van der Waals surface area (Å²) in [6, 6.07) is 9.92. The average molecular weight is 820 g/mol. The fraction of sp³-hybridized carbons (Fsp3) is 0.362. The van der Waals surface area contributed by atoms with E-state index in [9.17, 15) is 0 Å². The summed E-state index contributed by atoms with van der Waals surface area (Å²) in [5.41, 5.74) is 10.3. The van der Waals surface area contributed by atoms with Gasteiger partial charge < -0.3 is 8.80 Å². The highest BCUT2D eigenvalue weighted by atomic mass is 15.4. The lowest BCUT2D eigenvalue weighted by molar-refractivity contribution is -0.547. The van der Waals surface area contributed by atoms with Crippen LogP contribution in [0.1, 0.15) is 121 Å². The number of fused-ring (bicyclic) bond motifs is 5. The molecule has 0 saturated heterocycles. The van der Waals surface area contributed by atoms with E-state index >= 15 is 0 Å². The first-order valence-electron chi connectivity index (χ1n) is 21.0. The molecule has 0 radical (unpaired) electrons. The van der Waals surface area contributed by atoms with E-state index in [1.807, 2.05) is 93.7 Å². The van der Waals surface area contributed by atoms with Gasteiger partial charge in [0.25, 0.3) is 0 Å². The standard InChI is InChI=1S/C11H14N2.2C9H11N3.C9H12N3.C9H11N3/c1-8(2)10-7-12-11-9(3)5-4-6-13(10)11;1-7(2)8-5-11-9-6-10-3-4-12(8)9;1-7(2)8-6-11-9-10-4-3-5-12(8)9;1-7(2)8-6-11-12-5-3-4-10-9(8)12;1-7(2)8-6-10-9-4-3-5-11-12(8)9/h4-8H,1-3H3;2*3-7H,1-2H3;3-7,9H,1-2H3;3-7H,1-2H3/q;;;+1;. The second kappa shape index (κ2) is 20.0. The molecule has 14 heteroatoms. The first-order chi connectivity index (χ1) is 29.3. The van der Waals surface area contributed by atoms with E-state index in [4.69, 9.17) is 0 Å². The molecule has 0 aliphatic carbocycles. The van der Waals surface area contributed by atoms with Crippen molar-refractivity contribution in [3.05, 3.63) is 151 Å². The molecule has 0 fully saturated rings. The zero-order valence-electron chi connectivity index (χ0n) is 37.3. The Morgan fingerprint density at radius 2 is 1.23 bits per heavy atom. The number of aliphatic imine (C=N–C) groups is 1. The van der Waals surface area contributed by atoms with E-state index in [2.05, 4.69) is 148 Å². The number of azo groups is 2. The van der Waals surface area contributed by atoms with Gasteiger partial charge in [0.1, 0.15) is 11.8 Å². The summed E-state index contributed by atoms with van der Waals surface area (Å²) < 4.78 is 10.0. The van der Waals surface area contributed by atoms with Gasteiger partial charge in [-0.2, -0.15) is 5.10 Å². The molecule has 8 aromatic heterocycles. The van der Waals surface area contributed by atoms with E-state index in [0.29, 0.717) is 29.6 Å². The van der Waals surface area contributed by atoms with Crippen LogP contribution in [0.5, 0.6) is 0 Å².